The molecule has 7 nitrogen and oxygen atoms in total. The highest BCUT2D eigenvalue weighted by molar-refractivity contribution is 6.30. The number of rotatable bonds is 6. The number of ether oxygens (including phenoxy) is 3. The van der Waals surface area contributed by atoms with Crippen LogP contribution in [-0.4, -0.2) is 37.7 Å². The van der Waals surface area contributed by atoms with Crippen LogP contribution >= 0.6 is 11.6 Å². The van der Waals surface area contributed by atoms with E-state index in [2.05, 4.69) is 5.32 Å². The number of benzene rings is 2. The van der Waals surface area contributed by atoms with Gasteiger partial charge in [0.1, 0.15) is 12.4 Å². The van der Waals surface area contributed by atoms with E-state index in [9.17, 15) is 14.4 Å². The fourth-order valence-electron chi connectivity index (χ4n) is 2.87. The lowest BCUT2D eigenvalue weighted by Gasteiger charge is -2.24. The van der Waals surface area contributed by atoms with Crippen LogP contribution in [0.3, 0.4) is 0 Å². The zero-order valence-corrected chi connectivity index (χ0v) is 16.5. The molecule has 8 heteroatoms. The van der Waals surface area contributed by atoms with Gasteiger partial charge >= 0.3 is 11.9 Å². The monoisotopic (exact) mass is 417 g/mol. The first kappa shape index (κ1) is 20.7. The van der Waals surface area contributed by atoms with Crippen LogP contribution in [0.2, 0.25) is 5.02 Å². The molecule has 152 valence electrons. The Labute approximate surface area is 172 Å². The number of carbonyl (C=O) groups is 3. The Bertz CT molecular complexity index is 912. The molecule has 1 N–H and O–H groups in total. The van der Waals surface area contributed by atoms with Crippen LogP contribution in [0.25, 0.3) is 0 Å². The number of hydrogen-bond acceptors (Lipinski definition) is 6. The summed E-state index contributed by atoms with van der Waals surface area (Å²) in [4.78, 5) is 35.9. The second kappa shape index (κ2) is 9.43. The number of fused-ring (bicyclic) bond motifs is 1. The minimum Gasteiger partial charge on any atom is -0.492 e. The van der Waals surface area contributed by atoms with Gasteiger partial charge in [-0.25, -0.2) is 4.79 Å². The second-order valence-corrected chi connectivity index (χ2v) is 6.85. The van der Waals surface area contributed by atoms with E-state index in [4.69, 9.17) is 25.8 Å². The zero-order chi connectivity index (χ0) is 20.8. The minimum atomic E-state index is -0.511. The number of nitrogens with one attached hydrogen (secondary N) is 1. The summed E-state index contributed by atoms with van der Waals surface area (Å²) in [5.74, 6) is -1.23. The molecule has 0 aliphatic carbocycles. The number of esters is 2. The maximum Gasteiger partial charge on any atom is 0.338 e. The molecule has 0 unspecified atom stereocenters. The summed E-state index contributed by atoms with van der Waals surface area (Å²) < 4.78 is 15.6. The molecule has 1 aliphatic rings. The smallest absolute Gasteiger partial charge is 0.338 e. The summed E-state index contributed by atoms with van der Waals surface area (Å²) in [6, 6.07) is 11.5. The molecule has 0 spiro atoms. The average molecular weight is 418 g/mol. The molecule has 1 heterocycles. The highest BCUT2D eigenvalue weighted by Crippen LogP contribution is 2.30. The van der Waals surface area contributed by atoms with Crippen molar-refractivity contribution in [1.29, 1.82) is 0 Å². The Morgan fingerprint density at radius 3 is 2.62 bits per heavy atom. The van der Waals surface area contributed by atoms with Gasteiger partial charge in [-0.3, -0.25) is 9.59 Å². The first-order valence-electron chi connectivity index (χ1n) is 9.11. The fraction of sp³-hybridized carbons (Fsp3) is 0.286. The first-order valence-corrected chi connectivity index (χ1v) is 9.49. The summed E-state index contributed by atoms with van der Waals surface area (Å²) in [5, 5.41) is 3.17. The van der Waals surface area contributed by atoms with Crippen molar-refractivity contribution < 1.29 is 28.6 Å². The Morgan fingerprint density at radius 2 is 1.90 bits per heavy atom. The van der Waals surface area contributed by atoms with E-state index in [1.807, 2.05) is 0 Å². The predicted molar refractivity (Wildman–Crippen MR) is 106 cm³/mol. The van der Waals surface area contributed by atoms with E-state index in [1.165, 1.54) is 0 Å². The van der Waals surface area contributed by atoms with Gasteiger partial charge in [0.05, 0.1) is 18.1 Å². The Balaban J connectivity index is 1.48. The standard InChI is InChI=1S/C21H20ClNO6/c1-2-27-20(25)13-3-6-17(7-4-13)23-19(24)12-29-21(26)15-9-14-10-16(22)5-8-18(14)28-11-15/h3-8,10,15H,2,9,11-12H2,1H3,(H,23,24)/t15-/m0/s1. The van der Waals surface area contributed by atoms with E-state index in [0.29, 0.717) is 28.4 Å². The van der Waals surface area contributed by atoms with Crippen molar-refractivity contribution in [3.05, 3.63) is 58.6 Å². The number of anilines is 1. The SMILES string of the molecule is CCOC(=O)c1ccc(NC(=O)COC(=O)[C@@H]2COc3ccc(Cl)cc3C2)cc1. The Hall–Kier alpha value is -3.06. The molecule has 0 fully saturated rings. The van der Waals surface area contributed by atoms with Gasteiger partial charge in [-0.15, -0.1) is 0 Å². The zero-order valence-electron chi connectivity index (χ0n) is 15.8. The predicted octanol–water partition coefficient (Wildman–Crippen LogP) is 3.25. The summed E-state index contributed by atoms with van der Waals surface area (Å²) in [6.07, 6.45) is 0.436. The largest absolute Gasteiger partial charge is 0.492 e. The molecule has 29 heavy (non-hydrogen) atoms. The van der Waals surface area contributed by atoms with Crippen molar-refractivity contribution in [3.8, 4) is 5.75 Å². The van der Waals surface area contributed by atoms with Crippen molar-refractivity contribution in [1.82, 2.24) is 0 Å². The molecular formula is C21H20ClNO6. The van der Waals surface area contributed by atoms with E-state index in [0.717, 1.165) is 5.56 Å². The molecule has 0 bridgehead atoms. The fourth-order valence-corrected chi connectivity index (χ4v) is 3.06. The summed E-state index contributed by atoms with van der Waals surface area (Å²) in [7, 11) is 0. The molecule has 0 radical (unpaired) electrons. The van der Waals surface area contributed by atoms with Crippen LogP contribution in [0, 0.1) is 5.92 Å². The van der Waals surface area contributed by atoms with Crippen LogP contribution < -0.4 is 10.1 Å². The lowest BCUT2D eigenvalue weighted by atomic mass is 9.97. The lowest BCUT2D eigenvalue weighted by molar-refractivity contribution is -0.152. The maximum atomic E-state index is 12.3. The number of amides is 1. The third-order valence-corrected chi connectivity index (χ3v) is 4.52. The van der Waals surface area contributed by atoms with Crippen LogP contribution in [0.4, 0.5) is 5.69 Å². The topological polar surface area (TPSA) is 90.9 Å². The molecule has 2 aromatic rings. The van der Waals surface area contributed by atoms with Crippen LogP contribution in [0.15, 0.2) is 42.5 Å². The summed E-state index contributed by atoms with van der Waals surface area (Å²) in [5.41, 5.74) is 1.69. The highest BCUT2D eigenvalue weighted by Gasteiger charge is 2.28. The number of halogens is 1. The quantitative estimate of drug-likeness (QED) is 0.725. The highest BCUT2D eigenvalue weighted by atomic mass is 35.5. The number of hydrogen-bond donors (Lipinski definition) is 1. The van der Waals surface area contributed by atoms with Crippen molar-refractivity contribution in [2.75, 3.05) is 25.1 Å². The summed E-state index contributed by atoms with van der Waals surface area (Å²) >= 11 is 5.98. The van der Waals surface area contributed by atoms with Gasteiger partial charge in [0.25, 0.3) is 5.91 Å². The van der Waals surface area contributed by atoms with E-state index in [1.54, 1.807) is 49.4 Å². The number of carbonyl (C=O) groups excluding carboxylic acids is 3. The second-order valence-electron chi connectivity index (χ2n) is 6.42. The van der Waals surface area contributed by atoms with E-state index >= 15 is 0 Å². The normalized spacial score (nSPS) is 14.9. The van der Waals surface area contributed by atoms with Crippen molar-refractivity contribution in [2.45, 2.75) is 13.3 Å². The van der Waals surface area contributed by atoms with Gasteiger partial charge in [0.15, 0.2) is 6.61 Å². The van der Waals surface area contributed by atoms with Gasteiger partial charge < -0.3 is 19.5 Å². The van der Waals surface area contributed by atoms with E-state index < -0.39 is 30.4 Å². The van der Waals surface area contributed by atoms with Crippen molar-refractivity contribution >= 4 is 35.1 Å². The molecule has 1 atom stereocenters. The van der Waals surface area contributed by atoms with Crippen molar-refractivity contribution in [3.63, 3.8) is 0 Å². The Kier molecular flexibility index (Phi) is 6.72. The average Bonchev–Trinajstić information content (AvgIpc) is 2.72. The molecular weight excluding hydrogens is 398 g/mol. The van der Waals surface area contributed by atoms with Gasteiger partial charge in [0.2, 0.25) is 0 Å². The van der Waals surface area contributed by atoms with Gasteiger partial charge in [-0.05, 0) is 61.4 Å². The van der Waals surface area contributed by atoms with Crippen LogP contribution in [-0.2, 0) is 25.5 Å². The Morgan fingerprint density at radius 1 is 1.14 bits per heavy atom. The molecule has 0 saturated heterocycles. The molecule has 1 aliphatic heterocycles. The molecule has 0 aromatic heterocycles. The van der Waals surface area contributed by atoms with Gasteiger partial charge in [0, 0.05) is 10.7 Å². The maximum absolute atomic E-state index is 12.3. The van der Waals surface area contributed by atoms with Crippen LogP contribution in [0.1, 0.15) is 22.8 Å². The molecule has 0 saturated carbocycles. The van der Waals surface area contributed by atoms with Gasteiger partial charge in [-0.2, -0.15) is 0 Å². The van der Waals surface area contributed by atoms with Gasteiger partial charge in [-0.1, -0.05) is 11.6 Å². The minimum absolute atomic E-state index is 0.185. The molecule has 2 aromatic carbocycles. The third-order valence-electron chi connectivity index (χ3n) is 4.29. The van der Waals surface area contributed by atoms with Crippen LogP contribution in [0.5, 0.6) is 5.75 Å². The molecule has 3 rings (SSSR count). The van der Waals surface area contributed by atoms with E-state index in [-0.39, 0.29) is 13.2 Å². The first-order chi connectivity index (χ1) is 14.0. The van der Waals surface area contributed by atoms with Crippen molar-refractivity contribution in [2.24, 2.45) is 5.92 Å². The summed E-state index contributed by atoms with van der Waals surface area (Å²) in [6.45, 7) is 1.77. The lowest BCUT2D eigenvalue weighted by Crippen LogP contribution is -2.32. The molecule has 1 amide bonds. The third kappa shape index (κ3) is 5.48.